The van der Waals surface area contributed by atoms with Crippen molar-refractivity contribution < 1.29 is 4.42 Å². The van der Waals surface area contributed by atoms with Gasteiger partial charge in [0.1, 0.15) is 15.8 Å². The molecule has 0 aliphatic carbocycles. The van der Waals surface area contributed by atoms with E-state index in [1.54, 1.807) is 24.5 Å². The van der Waals surface area contributed by atoms with Crippen molar-refractivity contribution in [2.24, 2.45) is 0 Å². The monoisotopic (exact) mass is 320 g/mol. The van der Waals surface area contributed by atoms with Crippen molar-refractivity contribution in [1.29, 1.82) is 0 Å². The molecule has 0 fully saturated rings. The Morgan fingerprint density at radius 2 is 2.04 bits per heavy atom. The van der Waals surface area contributed by atoms with Crippen LogP contribution in [0, 0.1) is 0 Å². The molecule has 7 heteroatoms. The first-order chi connectivity index (χ1) is 11.3. The molecule has 5 aromatic rings. The molecule has 4 aromatic heterocycles. The standard InChI is InChI=1S/C16H8N4O2S/c21-15-12(8-9-4-3-7-22-9)23-16-18-14-13(19-20(15)16)10-5-1-2-6-11(10)17-14/h1-8H. The molecule has 1 aromatic carbocycles. The summed E-state index contributed by atoms with van der Waals surface area (Å²) in [5.41, 5.74) is 1.81. The van der Waals surface area contributed by atoms with Crippen LogP contribution in [0.15, 0.2) is 51.9 Å². The zero-order valence-corrected chi connectivity index (χ0v) is 12.4. The summed E-state index contributed by atoms with van der Waals surface area (Å²) in [7, 11) is 0. The number of nitrogens with zero attached hydrogens (tertiary/aromatic N) is 4. The van der Waals surface area contributed by atoms with E-state index in [-0.39, 0.29) is 5.56 Å². The van der Waals surface area contributed by atoms with Crippen molar-refractivity contribution in [2.75, 3.05) is 0 Å². The van der Waals surface area contributed by atoms with Crippen molar-refractivity contribution in [1.82, 2.24) is 19.6 Å². The molecule has 0 spiro atoms. The van der Waals surface area contributed by atoms with Gasteiger partial charge >= 0.3 is 0 Å². The van der Waals surface area contributed by atoms with Crippen molar-refractivity contribution in [3.63, 3.8) is 0 Å². The van der Waals surface area contributed by atoms with Gasteiger partial charge in [-0.3, -0.25) is 4.79 Å². The number of hydrogen-bond donors (Lipinski definition) is 0. The minimum absolute atomic E-state index is 0.207. The van der Waals surface area contributed by atoms with Gasteiger partial charge in [0.25, 0.3) is 5.56 Å². The molecular formula is C16H8N4O2S. The maximum absolute atomic E-state index is 12.5. The van der Waals surface area contributed by atoms with E-state index in [9.17, 15) is 4.79 Å². The minimum atomic E-state index is -0.207. The van der Waals surface area contributed by atoms with E-state index in [2.05, 4.69) is 15.1 Å². The summed E-state index contributed by atoms with van der Waals surface area (Å²) in [6.45, 7) is 0. The normalized spacial score (nSPS) is 12.8. The third-order valence-corrected chi connectivity index (χ3v) is 4.56. The second-order valence-electron chi connectivity index (χ2n) is 5.04. The van der Waals surface area contributed by atoms with Crippen LogP contribution in [0.5, 0.6) is 0 Å². The molecule has 6 nitrogen and oxygen atoms in total. The third kappa shape index (κ3) is 1.80. The van der Waals surface area contributed by atoms with Crippen LogP contribution < -0.4 is 10.1 Å². The topological polar surface area (TPSA) is 73.3 Å². The number of fused-ring (bicyclic) bond motifs is 4. The fraction of sp³-hybridized carbons (Fsp3) is 0. The van der Waals surface area contributed by atoms with Gasteiger partial charge in [-0.25, -0.2) is 4.98 Å². The lowest BCUT2D eigenvalue weighted by Gasteiger charge is -1.91. The Bertz CT molecular complexity index is 1280. The summed E-state index contributed by atoms with van der Waals surface area (Å²) >= 11 is 1.27. The SMILES string of the molecule is O=c1c(=Cc2ccco2)sc2nc3nc4ccccc4c3nn12. The summed E-state index contributed by atoms with van der Waals surface area (Å²) in [6.07, 6.45) is 3.26. The van der Waals surface area contributed by atoms with E-state index in [1.165, 1.54) is 15.9 Å². The summed E-state index contributed by atoms with van der Waals surface area (Å²) < 4.78 is 7.11. The van der Waals surface area contributed by atoms with Gasteiger partial charge in [0.15, 0.2) is 5.65 Å². The van der Waals surface area contributed by atoms with Crippen molar-refractivity contribution in [3.8, 4) is 0 Å². The Kier molecular flexibility index (Phi) is 2.42. The first-order valence-corrected chi connectivity index (χ1v) is 7.74. The van der Waals surface area contributed by atoms with Crippen LogP contribution >= 0.6 is 11.3 Å². The van der Waals surface area contributed by atoms with Crippen LogP contribution in [0.4, 0.5) is 0 Å². The smallest absolute Gasteiger partial charge is 0.291 e. The highest BCUT2D eigenvalue weighted by Crippen LogP contribution is 2.22. The Hall–Kier alpha value is -3.06. The van der Waals surface area contributed by atoms with Crippen molar-refractivity contribution in [2.45, 2.75) is 0 Å². The fourth-order valence-corrected chi connectivity index (χ4v) is 3.44. The number of benzene rings is 1. The van der Waals surface area contributed by atoms with Crippen LogP contribution in [-0.4, -0.2) is 19.6 Å². The number of thiazole rings is 1. The summed E-state index contributed by atoms with van der Waals surface area (Å²) in [4.78, 5) is 22.0. The lowest BCUT2D eigenvalue weighted by atomic mass is 10.2. The van der Waals surface area contributed by atoms with Gasteiger partial charge in [0.2, 0.25) is 4.96 Å². The molecule has 110 valence electrons. The average molecular weight is 320 g/mol. The number of hydrogen-bond acceptors (Lipinski definition) is 6. The molecule has 0 saturated heterocycles. The second kappa shape index (κ2) is 4.47. The molecule has 0 N–H and O–H groups in total. The highest BCUT2D eigenvalue weighted by molar-refractivity contribution is 7.15. The van der Waals surface area contributed by atoms with Crippen LogP contribution in [0.25, 0.3) is 33.1 Å². The van der Waals surface area contributed by atoms with Crippen LogP contribution in [0.1, 0.15) is 5.76 Å². The van der Waals surface area contributed by atoms with Gasteiger partial charge in [-0.15, -0.1) is 0 Å². The van der Waals surface area contributed by atoms with E-state index in [4.69, 9.17) is 4.42 Å². The molecular weight excluding hydrogens is 312 g/mol. The zero-order valence-electron chi connectivity index (χ0n) is 11.6. The highest BCUT2D eigenvalue weighted by atomic mass is 32.1. The molecule has 0 aliphatic heterocycles. The quantitative estimate of drug-likeness (QED) is 0.472. The van der Waals surface area contributed by atoms with E-state index in [1.807, 2.05) is 24.3 Å². The molecule has 0 aliphatic rings. The van der Waals surface area contributed by atoms with Gasteiger partial charge in [-0.05, 0) is 18.2 Å². The zero-order chi connectivity index (χ0) is 15.4. The van der Waals surface area contributed by atoms with E-state index < -0.39 is 0 Å². The Labute approximate surface area is 132 Å². The Morgan fingerprint density at radius 1 is 1.13 bits per heavy atom. The van der Waals surface area contributed by atoms with E-state index >= 15 is 0 Å². The molecule has 23 heavy (non-hydrogen) atoms. The lowest BCUT2D eigenvalue weighted by molar-refractivity contribution is 0.556. The Balaban J connectivity index is 1.88. The van der Waals surface area contributed by atoms with Gasteiger partial charge in [0.05, 0.1) is 11.8 Å². The van der Waals surface area contributed by atoms with E-state index in [0.29, 0.717) is 26.4 Å². The Morgan fingerprint density at radius 3 is 2.91 bits per heavy atom. The molecule has 5 rings (SSSR count). The first-order valence-electron chi connectivity index (χ1n) is 6.93. The van der Waals surface area contributed by atoms with Crippen molar-refractivity contribution >= 4 is 44.4 Å². The molecule has 4 heterocycles. The third-order valence-electron chi connectivity index (χ3n) is 3.60. The number of para-hydroxylation sites is 1. The van der Waals surface area contributed by atoms with Gasteiger partial charge in [-0.1, -0.05) is 29.5 Å². The predicted octanol–water partition coefficient (Wildman–Crippen LogP) is 1.99. The maximum Gasteiger partial charge on any atom is 0.291 e. The van der Waals surface area contributed by atoms with Crippen LogP contribution in [-0.2, 0) is 0 Å². The molecule has 0 atom stereocenters. The predicted molar refractivity (Wildman–Crippen MR) is 87.4 cm³/mol. The number of furan rings is 1. The average Bonchev–Trinajstić information content (AvgIpc) is 3.25. The molecule has 0 amide bonds. The molecule has 0 saturated carbocycles. The summed E-state index contributed by atoms with van der Waals surface area (Å²) in [5, 5.41) is 5.35. The number of rotatable bonds is 1. The molecule has 0 unspecified atom stereocenters. The first kappa shape index (κ1) is 12.5. The van der Waals surface area contributed by atoms with Gasteiger partial charge < -0.3 is 4.42 Å². The highest BCUT2D eigenvalue weighted by Gasteiger charge is 2.12. The maximum atomic E-state index is 12.5. The second-order valence-corrected chi connectivity index (χ2v) is 6.05. The van der Waals surface area contributed by atoms with E-state index in [0.717, 1.165) is 10.9 Å². The molecule has 0 radical (unpaired) electrons. The van der Waals surface area contributed by atoms with Gasteiger partial charge in [-0.2, -0.15) is 14.6 Å². The largest absolute Gasteiger partial charge is 0.465 e. The summed E-state index contributed by atoms with van der Waals surface area (Å²) in [6, 6.07) is 11.2. The number of aromatic nitrogens is 4. The minimum Gasteiger partial charge on any atom is -0.465 e. The fourth-order valence-electron chi connectivity index (χ4n) is 2.55. The van der Waals surface area contributed by atoms with Gasteiger partial charge in [0, 0.05) is 11.5 Å². The van der Waals surface area contributed by atoms with Crippen LogP contribution in [0.2, 0.25) is 0 Å². The van der Waals surface area contributed by atoms with Crippen LogP contribution in [0.3, 0.4) is 0 Å². The summed E-state index contributed by atoms with van der Waals surface area (Å²) in [5.74, 6) is 0.622. The molecule has 0 bridgehead atoms. The van der Waals surface area contributed by atoms with Crippen molar-refractivity contribution in [3.05, 3.63) is 63.3 Å². The lowest BCUT2D eigenvalue weighted by Crippen LogP contribution is -2.24.